The molecule has 1 aromatic rings. The van der Waals surface area contributed by atoms with Crippen LogP contribution >= 0.6 is 12.6 Å². The highest BCUT2D eigenvalue weighted by Gasteiger charge is 2.37. The first-order valence-corrected chi connectivity index (χ1v) is 6.25. The Labute approximate surface area is 102 Å². The Kier molecular flexibility index (Phi) is 3.54. The molecule has 0 aliphatic heterocycles. The summed E-state index contributed by atoms with van der Waals surface area (Å²) in [6.07, 6.45) is 3.57. The summed E-state index contributed by atoms with van der Waals surface area (Å²) in [5, 5.41) is 3.06. The van der Waals surface area contributed by atoms with Crippen LogP contribution in [0.5, 0.6) is 0 Å². The minimum absolute atomic E-state index is 0.0388. The van der Waals surface area contributed by atoms with Crippen LogP contribution in [0.25, 0.3) is 0 Å². The number of thiol groups is 1. The minimum Gasteiger partial charge on any atom is -0.349 e. The van der Waals surface area contributed by atoms with Gasteiger partial charge in [-0.15, -0.1) is 12.6 Å². The van der Waals surface area contributed by atoms with Crippen LogP contribution in [-0.2, 0) is 0 Å². The second kappa shape index (κ2) is 4.91. The van der Waals surface area contributed by atoms with Gasteiger partial charge in [0, 0.05) is 16.5 Å². The van der Waals surface area contributed by atoms with E-state index in [2.05, 4.69) is 24.9 Å². The van der Waals surface area contributed by atoms with Crippen LogP contribution < -0.4 is 5.32 Å². The van der Waals surface area contributed by atoms with Gasteiger partial charge in [-0.3, -0.25) is 4.79 Å². The second-order valence-corrected chi connectivity index (χ2v) is 4.93. The van der Waals surface area contributed by atoms with Gasteiger partial charge >= 0.3 is 0 Å². The summed E-state index contributed by atoms with van der Waals surface area (Å²) >= 11 is 4.19. The van der Waals surface area contributed by atoms with Gasteiger partial charge in [0.05, 0.1) is 0 Å². The summed E-state index contributed by atoms with van der Waals surface area (Å²) in [7, 11) is 0. The average Bonchev–Trinajstić information content (AvgIpc) is 2.98. The highest BCUT2D eigenvalue weighted by atomic mass is 32.1. The number of hydrogen-bond acceptors (Lipinski definition) is 2. The Morgan fingerprint density at radius 2 is 2.12 bits per heavy atom. The first kappa shape index (κ1) is 11.5. The van der Waals surface area contributed by atoms with Gasteiger partial charge in [0.2, 0.25) is 0 Å². The van der Waals surface area contributed by atoms with E-state index in [9.17, 15) is 4.79 Å². The summed E-state index contributed by atoms with van der Waals surface area (Å²) in [5.41, 5.74) is 0.722. The molecule has 1 N–H and O–H groups in total. The van der Waals surface area contributed by atoms with Gasteiger partial charge in [0.1, 0.15) is 0 Å². The third-order valence-corrected chi connectivity index (χ3v) is 3.33. The molecule has 1 aliphatic carbocycles. The number of hydrogen-bond donors (Lipinski definition) is 2. The van der Waals surface area contributed by atoms with E-state index in [1.807, 2.05) is 24.3 Å². The van der Waals surface area contributed by atoms with Crippen molar-refractivity contribution in [2.75, 3.05) is 0 Å². The van der Waals surface area contributed by atoms with Crippen LogP contribution in [0.2, 0.25) is 0 Å². The van der Waals surface area contributed by atoms with Gasteiger partial charge in [-0.05, 0) is 43.0 Å². The zero-order valence-electron chi connectivity index (χ0n) is 9.44. The molecule has 1 amide bonds. The van der Waals surface area contributed by atoms with Gasteiger partial charge in [-0.2, -0.15) is 0 Å². The highest BCUT2D eigenvalue weighted by Crippen LogP contribution is 2.34. The summed E-state index contributed by atoms with van der Waals surface area (Å²) in [6.45, 7) is 2.18. The van der Waals surface area contributed by atoms with Crippen LogP contribution in [0.15, 0.2) is 29.2 Å². The molecule has 0 aromatic heterocycles. The van der Waals surface area contributed by atoms with Crippen molar-refractivity contribution < 1.29 is 4.79 Å². The van der Waals surface area contributed by atoms with Crippen molar-refractivity contribution in [3.63, 3.8) is 0 Å². The van der Waals surface area contributed by atoms with E-state index in [0.717, 1.165) is 16.9 Å². The maximum absolute atomic E-state index is 11.8. The molecule has 0 spiro atoms. The minimum atomic E-state index is 0.0388. The normalized spacial score (nSPS) is 22.9. The topological polar surface area (TPSA) is 29.1 Å². The van der Waals surface area contributed by atoms with Crippen molar-refractivity contribution in [3.05, 3.63) is 29.8 Å². The number of benzene rings is 1. The third kappa shape index (κ3) is 2.79. The van der Waals surface area contributed by atoms with Crippen molar-refractivity contribution in [2.45, 2.75) is 37.1 Å². The SMILES string of the molecule is CCCC1CC1NC(=O)c1ccc(S)cc1. The van der Waals surface area contributed by atoms with E-state index < -0.39 is 0 Å². The molecule has 1 aromatic carbocycles. The lowest BCUT2D eigenvalue weighted by Gasteiger charge is -2.04. The number of carbonyl (C=O) groups excluding carboxylic acids is 1. The molecule has 16 heavy (non-hydrogen) atoms. The molecule has 86 valence electrons. The maximum Gasteiger partial charge on any atom is 0.251 e. The monoisotopic (exact) mass is 235 g/mol. The molecule has 1 fully saturated rings. The van der Waals surface area contributed by atoms with Crippen LogP contribution in [0.4, 0.5) is 0 Å². The van der Waals surface area contributed by atoms with Crippen LogP contribution in [0.1, 0.15) is 36.5 Å². The lowest BCUT2D eigenvalue weighted by atomic mass is 10.2. The predicted octanol–water partition coefficient (Wildman–Crippen LogP) is 2.89. The lowest BCUT2D eigenvalue weighted by Crippen LogP contribution is -2.26. The molecule has 0 heterocycles. The largest absolute Gasteiger partial charge is 0.349 e. The van der Waals surface area contributed by atoms with Crippen molar-refractivity contribution in [1.82, 2.24) is 5.32 Å². The molecule has 0 saturated heterocycles. The molecule has 2 unspecified atom stereocenters. The number of nitrogens with one attached hydrogen (secondary N) is 1. The summed E-state index contributed by atoms with van der Waals surface area (Å²) in [6, 6.07) is 7.72. The molecule has 1 saturated carbocycles. The Balaban J connectivity index is 1.87. The van der Waals surface area contributed by atoms with E-state index in [0.29, 0.717) is 12.0 Å². The fraction of sp³-hybridized carbons (Fsp3) is 0.462. The van der Waals surface area contributed by atoms with Crippen molar-refractivity contribution >= 4 is 18.5 Å². The Morgan fingerprint density at radius 1 is 1.44 bits per heavy atom. The molecule has 1 aliphatic rings. The standard InChI is InChI=1S/C13H17NOS/c1-2-3-10-8-12(10)14-13(15)9-4-6-11(16)7-5-9/h4-7,10,12,16H,2-3,8H2,1H3,(H,14,15). The van der Waals surface area contributed by atoms with Gasteiger partial charge in [-0.1, -0.05) is 13.3 Å². The Morgan fingerprint density at radius 3 is 2.75 bits per heavy atom. The van der Waals surface area contributed by atoms with Gasteiger partial charge < -0.3 is 5.32 Å². The van der Waals surface area contributed by atoms with E-state index >= 15 is 0 Å². The summed E-state index contributed by atoms with van der Waals surface area (Å²) in [4.78, 5) is 12.7. The average molecular weight is 235 g/mol. The molecule has 0 radical (unpaired) electrons. The molecule has 2 nitrogen and oxygen atoms in total. The number of amides is 1. The quantitative estimate of drug-likeness (QED) is 0.772. The van der Waals surface area contributed by atoms with Gasteiger partial charge in [-0.25, -0.2) is 0 Å². The Bertz CT molecular complexity index is 374. The van der Waals surface area contributed by atoms with E-state index in [4.69, 9.17) is 0 Å². The second-order valence-electron chi connectivity index (χ2n) is 4.41. The van der Waals surface area contributed by atoms with Crippen molar-refractivity contribution in [3.8, 4) is 0 Å². The molecular formula is C13H17NOS. The summed E-state index contributed by atoms with van der Waals surface area (Å²) < 4.78 is 0. The molecule has 0 bridgehead atoms. The van der Waals surface area contributed by atoms with Crippen LogP contribution in [0, 0.1) is 5.92 Å². The number of carbonyl (C=O) groups is 1. The van der Waals surface area contributed by atoms with E-state index in [-0.39, 0.29) is 5.91 Å². The first-order valence-electron chi connectivity index (χ1n) is 5.80. The fourth-order valence-electron chi connectivity index (χ4n) is 1.98. The van der Waals surface area contributed by atoms with E-state index in [1.54, 1.807) is 0 Å². The van der Waals surface area contributed by atoms with Crippen LogP contribution in [0.3, 0.4) is 0 Å². The van der Waals surface area contributed by atoms with Gasteiger partial charge in [0.25, 0.3) is 5.91 Å². The predicted molar refractivity (Wildman–Crippen MR) is 68.0 cm³/mol. The third-order valence-electron chi connectivity index (χ3n) is 3.03. The van der Waals surface area contributed by atoms with Gasteiger partial charge in [0.15, 0.2) is 0 Å². The number of rotatable bonds is 4. The molecule has 2 atom stereocenters. The molecule has 3 heteroatoms. The molecular weight excluding hydrogens is 218 g/mol. The Hall–Kier alpha value is -0.960. The van der Waals surface area contributed by atoms with Crippen molar-refractivity contribution in [1.29, 1.82) is 0 Å². The lowest BCUT2D eigenvalue weighted by molar-refractivity contribution is 0.0949. The van der Waals surface area contributed by atoms with E-state index in [1.165, 1.54) is 12.8 Å². The fourth-order valence-corrected chi connectivity index (χ4v) is 2.13. The van der Waals surface area contributed by atoms with Crippen molar-refractivity contribution in [2.24, 2.45) is 5.92 Å². The first-order chi connectivity index (χ1) is 7.70. The maximum atomic E-state index is 11.8. The zero-order chi connectivity index (χ0) is 11.5. The van der Waals surface area contributed by atoms with Crippen LogP contribution in [-0.4, -0.2) is 11.9 Å². The molecule has 2 rings (SSSR count). The summed E-state index contributed by atoms with van der Waals surface area (Å²) in [5.74, 6) is 0.745. The highest BCUT2D eigenvalue weighted by molar-refractivity contribution is 7.80. The zero-order valence-corrected chi connectivity index (χ0v) is 10.3. The smallest absolute Gasteiger partial charge is 0.251 e.